The summed E-state index contributed by atoms with van der Waals surface area (Å²) in [6, 6.07) is 19.8. The van der Waals surface area contributed by atoms with E-state index in [4.69, 9.17) is 51.7 Å². The van der Waals surface area contributed by atoms with Crippen LogP contribution in [-0.4, -0.2) is 55.1 Å². The fourth-order valence-corrected chi connectivity index (χ4v) is 8.27. The molecule has 16 heteroatoms. The number of furan rings is 1. The molecule has 1 aliphatic rings. The van der Waals surface area contributed by atoms with Gasteiger partial charge in [0.1, 0.15) is 35.4 Å². The van der Waals surface area contributed by atoms with Crippen LogP contribution < -0.4 is 36.5 Å². The van der Waals surface area contributed by atoms with Crippen LogP contribution >= 0.6 is 19.3 Å². The van der Waals surface area contributed by atoms with Crippen molar-refractivity contribution in [1.82, 2.24) is 9.99 Å². The van der Waals surface area contributed by atoms with Crippen LogP contribution in [0.5, 0.6) is 17.2 Å². The molecule has 14 nitrogen and oxygen atoms in total. The molecule has 3 atom stereocenters. The molecule has 3 unspecified atom stereocenters. The highest BCUT2D eigenvalue weighted by molar-refractivity contribution is 7.51. The van der Waals surface area contributed by atoms with Crippen molar-refractivity contribution in [1.29, 1.82) is 0 Å². The molecule has 61 heavy (non-hydrogen) atoms. The smallest absolute Gasteiger partial charge is 0.461 e. The summed E-state index contributed by atoms with van der Waals surface area (Å²) in [4.78, 5) is 36.5. The van der Waals surface area contributed by atoms with E-state index in [1.54, 1.807) is 72.4 Å². The number of ether oxygens (including phenoxy) is 2. The Balaban J connectivity index is 0.000000460. The molecule has 1 heterocycles. The number of alkyl halides is 1. The maximum Gasteiger partial charge on any atom is 0.461 e. The van der Waals surface area contributed by atoms with E-state index >= 15 is 0 Å². The number of carbonyl (C=O) groups is 3. The van der Waals surface area contributed by atoms with E-state index in [0.717, 1.165) is 30.6 Å². The Morgan fingerprint density at radius 2 is 1.51 bits per heavy atom. The summed E-state index contributed by atoms with van der Waals surface area (Å²) in [5.41, 5.74) is 19.3. The van der Waals surface area contributed by atoms with Crippen LogP contribution in [0.3, 0.4) is 0 Å². The lowest BCUT2D eigenvalue weighted by Gasteiger charge is -2.27. The van der Waals surface area contributed by atoms with Crippen LogP contribution in [0.15, 0.2) is 77.2 Å². The second kappa shape index (κ2) is 24.0. The summed E-state index contributed by atoms with van der Waals surface area (Å²) in [5.74, 6) is 2.07. The maximum atomic E-state index is 13.9. The number of unbranched alkanes of at least 4 members (excludes halogenated alkanes) is 1. The van der Waals surface area contributed by atoms with Crippen LogP contribution in [0.25, 0.3) is 0 Å². The zero-order valence-corrected chi connectivity index (χ0v) is 37.5. The third-order valence-electron chi connectivity index (χ3n) is 10.2. The Morgan fingerprint density at radius 1 is 0.885 bits per heavy atom. The molecule has 1 aromatic heterocycles. The predicted octanol–water partition coefficient (Wildman–Crippen LogP) is 9.00. The van der Waals surface area contributed by atoms with Crippen molar-refractivity contribution in [2.75, 3.05) is 32.7 Å². The molecule has 7 N–H and O–H groups in total. The number of nitrogens with two attached hydrogens (primary N) is 3. The van der Waals surface area contributed by atoms with Crippen molar-refractivity contribution < 1.29 is 41.9 Å². The molecule has 0 aliphatic heterocycles. The van der Waals surface area contributed by atoms with Gasteiger partial charge in [0.05, 0.1) is 30.4 Å². The quantitative estimate of drug-likeness (QED) is 0.0352. The van der Waals surface area contributed by atoms with Gasteiger partial charge in [-0.1, -0.05) is 31.4 Å². The van der Waals surface area contributed by atoms with Gasteiger partial charge in [0.15, 0.2) is 0 Å². The lowest BCUT2D eigenvalue weighted by atomic mass is 9.90. The van der Waals surface area contributed by atoms with Crippen molar-refractivity contribution in [3.8, 4) is 17.2 Å². The Morgan fingerprint density at radius 3 is 2.08 bits per heavy atom. The molecular formula is C45H61ClN5O9P. The largest absolute Gasteiger partial charge is 0.493 e. The summed E-state index contributed by atoms with van der Waals surface area (Å²) < 4.78 is 44.0. The highest BCUT2D eigenvalue weighted by atomic mass is 35.5. The zero-order valence-electron chi connectivity index (χ0n) is 35.8. The summed E-state index contributed by atoms with van der Waals surface area (Å²) in [5, 5.41) is 2.96. The molecule has 5 rings (SSSR count). The molecule has 0 bridgehead atoms. The number of primary amides is 2. The van der Waals surface area contributed by atoms with Crippen LogP contribution in [0.4, 0.5) is 0 Å². The Kier molecular flexibility index (Phi) is 19.2. The van der Waals surface area contributed by atoms with Gasteiger partial charge in [0, 0.05) is 24.0 Å². The first-order valence-electron chi connectivity index (χ1n) is 20.7. The number of aryl methyl sites for hydroxylation is 1. The standard InChI is InChI=1S/C34H45ClN3O7P.C11H16N2O2/c1-24-11-15-30(44-24)23-43-46(41,38(3)20-8-7-19-35)45-29-16-12-27(13-17-29)34(40)37-25(2)28-14-18-32(31(21-28)33(36)39)42-22-26-9-5-4-6-10-26;1-3-15-10-5-4-8(7(2)12)6-9(10)11(13)14/h11-18,21,25-26H,4-10,19-20,22-23H2,1-3H3,(H2,36,39)(H,37,40);4-7H,3,12H2,1-2H3,(H2,13,14). The summed E-state index contributed by atoms with van der Waals surface area (Å²) in [6.45, 7) is 8.81. The summed E-state index contributed by atoms with van der Waals surface area (Å²) in [7, 11) is -2.11. The van der Waals surface area contributed by atoms with Crippen molar-refractivity contribution in [3.63, 3.8) is 0 Å². The first kappa shape index (κ1) is 48.8. The van der Waals surface area contributed by atoms with Gasteiger partial charge in [0.2, 0.25) is 0 Å². The number of rotatable bonds is 21. The van der Waals surface area contributed by atoms with E-state index in [2.05, 4.69) is 5.32 Å². The van der Waals surface area contributed by atoms with Crippen molar-refractivity contribution in [3.05, 3.63) is 112 Å². The highest BCUT2D eigenvalue weighted by Gasteiger charge is 2.33. The first-order chi connectivity index (χ1) is 29.1. The maximum absolute atomic E-state index is 13.9. The lowest BCUT2D eigenvalue weighted by molar-refractivity contribution is 0.0938. The SMILES string of the molecule is CCOc1ccc(C(C)N)cc1C(N)=O.Cc1ccc(COP(=O)(Oc2ccc(C(=O)NC(C)c3ccc(OCC4CCCCC4)c(C(N)=O)c3)cc2)N(C)CCCCCl)o1. The second-order valence-electron chi connectivity index (χ2n) is 15.1. The number of carbonyl (C=O) groups excluding carboxylic acids is 3. The molecule has 3 amide bonds. The molecule has 0 saturated heterocycles. The normalized spacial score (nSPS) is 14.8. The van der Waals surface area contributed by atoms with Crippen LogP contribution in [0.1, 0.15) is 132 Å². The second-order valence-corrected chi connectivity index (χ2v) is 17.6. The fraction of sp³-hybridized carbons (Fsp3) is 0.444. The minimum Gasteiger partial charge on any atom is -0.493 e. The average molecular weight is 882 g/mol. The van der Waals surface area contributed by atoms with Gasteiger partial charge in [-0.15, -0.1) is 11.6 Å². The topological polar surface area (TPSA) is 212 Å². The van der Waals surface area contributed by atoms with Gasteiger partial charge in [-0.25, -0.2) is 9.24 Å². The Bertz CT molecular complexity index is 2090. The third kappa shape index (κ3) is 14.9. The van der Waals surface area contributed by atoms with E-state index < -0.39 is 25.6 Å². The minimum atomic E-state index is -3.78. The Hall–Kier alpha value is -4.85. The van der Waals surface area contributed by atoms with E-state index in [1.165, 1.54) is 19.3 Å². The molecule has 4 aromatic rings. The number of hydrogen-bond donors (Lipinski definition) is 4. The first-order valence-corrected chi connectivity index (χ1v) is 22.7. The van der Waals surface area contributed by atoms with Crippen LogP contribution in [0, 0.1) is 12.8 Å². The lowest BCUT2D eigenvalue weighted by Crippen LogP contribution is -2.27. The number of benzene rings is 3. The minimum absolute atomic E-state index is 0.0333. The summed E-state index contributed by atoms with van der Waals surface area (Å²) in [6.07, 6.45) is 7.40. The van der Waals surface area contributed by atoms with Gasteiger partial charge >= 0.3 is 7.75 Å². The molecule has 1 fully saturated rings. The monoisotopic (exact) mass is 881 g/mol. The molecule has 0 radical (unpaired) electrons. The van der Waals surface area contributed by atoms with Gasteiger partial charge < -0.3 is 40.9 Å². The highest BCUT2D eigenvalue weighted by Crippen LogP contribution is 2.52. The third-order valence-corrected chi connectivity index (χ3v) is 12.4. The van der Waals surface area contributed by atoms with Gasteiger partial charge in [0.25, 0.3) is 17.7 Å². The number of hydrogen-bond acceptors (Lipinski definition) is 10. The molecule has 3 aromatic carbocycles. The van der Waals surface area contributed by atoms with E-state index in [9.17, 15) is 18.9 Å². The van der Waals surface area contributed by atoms with E-state index in [-0.39, 0.29) is 29.9 Å². The summed E-state index contributed by atoms with van der Waals surface area (Å²) >= 11 is 5.82. The fourth-order valence-electron chi connectivity index (χ4n) is 6.63. The van der Waals surface area contributed by atoms with Crippen molar-refractivity contribution in [2.24, 2.45) is 23.1 Å². The van der Waals surface area contributed by atoms with Gasteiger partial charge in [-0.05, 0) is 138 Å². The molecule has 1 aliphatic carbocycles. The number of nitrogens with one attached hydrogen (secondary N) is 1. The van der Waals surface area contributed by atoms with E-state index in [0.29, 0.717) is 71.9 Å². The van der Waals surface area contributed by atoms with Crippen molar-refractivity contribution >= 4 is 37.1 Å². The molecule has 0 spiro atoms. The zero-order chi connectivity index (χ0) is 44.5. The molecule has 332 valence electrons. The predicted molar refractivity (Wildman–Crippen MR) is 237 cm³/mol. The van der Waals surface area contributed by atoms with Crippen molar-refractivity contribution in [2.45, 2.75) is 91.3 Å². The molecule has 1 saturated carbocycles. The Labute approximate surface area is 364 Å². The molecular weight excluding hydrogens is 821 g/mol. The number of nitrogens with zero attached hydrogens (tertiary/aromatic N) is 1. The van der Waals surface area contributed by atoms with Gasteiger partial charge in [-0.2, -0.15) is 0 Å². The van der Waals surface area contributed by atoms with Crippen LogP contribution in [-0.2, 0) is 15.7 Å². The van der Waals surface area contributed by atoms with Gasteiger partial charge in [-0.3, -0.25) is 18.9 Å². The van der Waals surface area contributed by atoms with Crippen LogP contribution in [0.2, 0.25) is 0 Å². The average Bonchev–Trinajstić information content (AvgIpc) is 3.67. The van der Waals surface area contributed by atoms with E-state index in [1.807, 2.05) is 39.8 Å². The number of halogens is 1. The number of amides is 3.